The Kier molecular flexibility index (Phi) is 1.60. The van der Waals surface area contributed by atoms with Gasteiger partial charge in [0, 0.05) is 12.5 Å². The van der Waals surface area contributed by atoms with Gasteiger partial charge in [0.1, 0.15) is 0 Å². The van der Waals surface area contributed by atoms with Gasteiger partial charge >= 0.3 is 0 Å². The summed E-state index contributed by atoms with van der Waals surface area (Å²) < 4.78 is 25.6. The second-order valence-corrected chi connectivity index (χ2v) is 3.74. The van der Waals surface area contributed by atoms with Crippen LogP contribution in [0.15, 0.2) is 23.3 Å². The molecule has 2 rings (SSSR count). The monoisotopic (exact) mass is 170 g/mol. The largest absolute Gasteiger partial charge is 0.267 e. The van der Waals surface area contributed by atoms with Crippen molar-refractivity contribution in [2.24, 2.45) is 5.92 Å². The molecule has 12 heavy (non-hydrogen) atoms. The summed E-state index contributed by atoms with van der Waals surface area (Å²) in [5.74, 6) is -2.02. The van der Waals surface area contributed by atoms with E-state index >= 15 is 0 Å². The molecule has 0 aromatic heterocycles. The van der Waals surface area contributed by atoms with Gasteiger partial charge in [0.25, 0.3) is 5.92 Å². The van der Waals surface area contributed by atoms with Crippen LogP contribution in [0.2, 0.25) is 0 Å². The number of halogens is 2. The quantitative estimate of drug-likeness (QED) is 0.596. The van der Waals surface area contributed by atoms with Crippen LogP contribution < -0.4 is 0 Å². The first kappa shape index (κ1) is 7.96. The number of allylic oxidation sites excluding steroid dienone is 4. The van der Waals surface area contributed by atoms with Crippen LogP contribution in [0.4, 0.5) is 8.78 Å². The van der Waals surface area contributed by atoms with Gasteiger partial charge in [0.05, 0.1) is 0 Å². The molecule has 0 bridgehead atoms. The van der Waals surface area contributed by atoms with Gasteiger partial charge in [-0.25, -0.2) is 8.78 Å². The van der Waals surface area contributed by atoms with Gasteiger partial charge in [-0.1, -0.05) is 12.2 Å². The summed E-state index contributed by atoms with van der Waals surface area (Å²) in [5.41, 5.74) is 1.43. The van der Waals surface area contributed by atoms with Crippen LogP contribution in [0.25, 0.3) is 0 Å². The molecular formula is C10H12F2. The normalized spacial score (nSPS) is 23.9. The molecule has 0 aromatic carbocycles. The molecule has 1 fully saturated rings. The third kappa shape index (κ3) is 1.43. The zero-order valence-electron chi connectivity index (χ0n) is 7.11. The Labute approximate surface area is 71.0 Å². The summed E-state index contributed by atoms with van der Waals surface area (Å²) in [5, 5.41) is 0. The summed E-state index contributed by atoms with van der Waals surface area (Å²) in [6.07, 6.45) is 6.47. The van der Waals surface area contributed by atoms with Crippen molar-refractivity contribution in [3.8, 4) is 0 Å². The maximum atomic E-state index is 12.8. The van der Waals surface area contributed by atoms with E-state index in [1.807, 2.05) is 6.08 Å². The van der Waals surface area contributed by atoms with Crippen molar-refractivity contribution in [1.82, 2.24) is 0 Å². The van der Waals surface area contributed by atoms with E-state index in [2.05, 4.69) is 0 Å². The van der Waals surface area contributed by atoms with Crippen LogP contribution in [0.1, 0.15) is 26.2 Å². The minimum absolute atomic E-state index is 0.282. The SMILES string of the molecule is CC(F)(F)C1=CC(C2CC2)=CC1. The molecule has 1 saturated carbocycles. The summed E-state index contributed by atoms with van der Waals surface area (Å²) >= 11 is 0. The summed E-state index contributed by atoms with van der Waals surface area (Å²) in [6.45, 7) is 0.975. The second-order valence-electron chi connectivity index (χ2n) is 3.74. The van der Waals surface area contributed by atoms with E-state index in [4.69, 9.17) is 0 Å². The molecule has 0 atom stereocenters. The Balaban J connectivity index is 2.10. The zero-order chi connectivity index (χ0) is 8.77. The van der Waals surface area contributed by atoms with Crippen molar-refractivity contribution in [3.63, 3.8) is 0 Å². The van der Waals surface area contributed by atoms with E-state index < -0.39 is 5.92 Å². The van der Waals surface area contributed by atoms with E-state index in [9.17, 15) is 8.78 Å². The predicted molar refractivity (Wildman–Crippen MR) is 44.1 cm³/mol. The van der Waals surface area contributed by atoms with E-state index in [0.717, 1.165) is 12.5 Å². The Morgan fingerprint density at radius 2 is 2.08 bits per heavy atom. The summed E-state index contributed by atoms with van der Waals surface area (Å²) in [6, 6.07) is 0. The van der Waals surface area contributed by atoms with Gasteiger partial charge in [-0.3, -0.25) is 0 Å². The Morgan fingerprint density at radius 1 is 1.42 bits per heavy atom. The van der Waals surface area contributed by atoms with Gasteiger partial charge in [-0.15, -0.1) is 0 Å². The Morgan fingerprint density at radius 3 is 2.50 bits per heavy atom. The molecular weight excluding hydrogens is 158 g/mol. The van der Waals surface area contributed by atoms with Crippen molar-refractivity contribution in [3.05, 3.63) is 23.3 Å². The highest BCUT2D eigenvalue weighted by molar-refractivity contribution is 5.38. The van der Waals surface area contributed by atoms with E-state index in [1.54, 1.807) is 6.08 Å². The van der Waals surface area contributed by atoms with Crippen molar-refractivity contribution in [1.29, 1.82) is 0 Å². The van der Waals surface area contributed by atoms with Crippen LogP contribution in [0.5, 0.6) is 0 Å². The van der Waals surface area contributed by atoms with Gasteiger partial charge in [-0.05, 0) is 30.8 Å². The van der Waals surface area contributed by atoms with E-state index in [-0.39, 0.29) is 5.57 Å². The molecule has 2 aliphatic carbocycles. The smallest absolute Gasteiger partial charge is 0.202 e. The summed E-state index contributed by atoms with van der Waals surface area (Å²) in [4.78, 5) is 0. The number of hydrogen-bond acceptors (Lipinski definition) is 0. The van der Waals surface area contributed by atoms with Gasteiger partial charge in [-0.2, -0.15) is 0 Å². The lowest BCUT2D eigenvalue weighted by Crippen LogP contribution is -2.11. The lowest BCUT2D eigenvalue weighted by molar-refractivity contribution is 0.0618. The molecule has 0 heterocycles. The average Bonchev–Trinajstić information content (AvgIpc) is 2.66. The second kappa shape index (κ2) is 2.41. The first-order chi connectivity index (χ1) is 5.57. The van der Waals surface area contributed by atoms with E-state index in [0.29, 0.717) is 12.3 Å². The maximum absolute atomic E-state index is 12.8. The lowest BCUT2D eigenvalue weighted by atomic mass is 10.1. The molecule has 0 radical (unpaired) electrons. The third-order valence-electron chi connectivity index (χ3n) is 2.51. The standard InChI is InChI=1S/C10H12F2/c1-10(11,12)9-5-4-8(6-9)7-2-3-7/h4,6-7H,2-3,5H2,1H3. The highest BCUT2D eigenvalue weighted by atomic mass is 19.3. The molecule has 0 saturated heterocycles. The van der Waals surface area contributed by atoms with Crippen LogP contribution >= 0.6 is 0 Å². The molecule has 0 nitrogen and oxygen atoms in total. The molecule has 2 heteroatoms. The molecule has 0 aromatic rings. The number of alkyl halides is 2. The van der Waals surface area contributed by atoms with Gasteiger partial charge < -0.3 is 0 Å². The highest BCUT2D eigenvalue weighted by Gasteiger charge is 2.33. The number of hydrogen-bond donors (Lipinski definition) is 0. The minimum Gasteiger partial charge on any atom is -0.202 e. The predicted octanol–water partition coefficient (Wildman–Crippen LogP) is 3.31. The van der Waals surface area contributed by atoms with Gasteiger partial charge in [0.2, 0.25) is 0 Å². The van der Waals surface area contributed by atoms with Crippen molar-refractivity contribution in [2.45, 2.75) is 32.1 Å². The lowest BCUT2D eigenvalue weighted by Gasteiger charge is -2.10. The third-order valence-corrected chi connectivity index (χ3v) is 2.51. The fourth-order valence-corrected chi connectivity index (χ4v) is 1.55. The molecule has 0 aliphatic heterocycles. The van der Waals surface area contributed by atoms with E-state index in [1.165, 1.54) is 12.8 Å². The van der Waals surface area contributed by atoms with Crippen LogP contribution in [-0.2, 0) is 0 Å². The minimum atomic E-state index is -2.62. The number of rotatable bonds is 2. The van der Waals surface area contributed by atoms with Crippen LogP contribution in [-0.4, -0.2) is 5.92 Å². The molecule has 0 spiro atoms. The molecule has 0 amide bonds. The fourth-order valence-electron chi connectivity index (χ4n) is 1.55. The molecule has 0 unspecified atom stereocenters. The topological polar surface area (TPSA) is 0 Å². The molecule has 66 valence electrons. The first-order valence-corrected chi connectivity index (χ1v) is 4.36. The average molecular weight is 170 g/mol. The zero-order valence-corrected chi connectivity index (χ0v) is 7.11. The molecule has 0 N–H and O–H groups in total. The highest BCUT2D eigenvalue weighted by Crippen LogP contribution is 2.42. The Hall–Kier alpha value is -0.660. The summed E-state index contributed by atoms with van der Waals surface area (Å²) in [7, 11) is 0. The maximum Gasteiger partial charge on any atom is 0.267 e. The fraction of sp³-hybridized carbons (Fsp3) is 0.600. The van der Waals surface area contributed by atoms with Gasteiger partial charge in [0.15, 0.2) is 0 Å². The first-order valence-electron chi connectivity index (χ1n) is 4.36. The molecule has 2 aliphatic rings. The Bertz CT molecular complexity index is 252. The van der Waals surface area contributed by atoms with Crippen molar-refractivity contribution >= 4 is 0 Å². The van der Waals surface area contributed by atoms with Crippen molar-refractivity contribution in [2.75, 3.05) is 0 Å². The van der Waals surface area contributed by atoms with Crippen LogP contribution in [0.3, 0.4) is 0 Å². The van der Waals surface area contributed by atoms with Crippen molar-refractivity contribution < 1.29 is 8.78 Å². The van der Waals surface area contributed by atoms with Crippen LogP contribution in [0, 0.1) is 5.92 Å².